The van der Waals surface area contributed by atoms with Gasteiger partial charge in [-0.3, -0.25) is 4.79 Å². The Morgan fingerprint density at radius 1 is 1.20 bits per heavy atom. The molecular formula is C19H22N2O4. The molecule has 0 aliphatic heterocycles. The fraction of sp³-hybridized carbons (Fsp3) is 0.263. The molecule has 2 aromatic carbocycles. The van der Waals surface area contributed by atoms with Crippen molar-refractivity contribution in [2.45, 2.75) is 20.0 Å². The summed E-state index contributed by atoms with van der Waals surface area (Å²) < 4.78 is 10.7. The highest BCUT2D eigenvalue weighted by Crippen LogP contribution is 2.27. The molecular weight excluding hydrogens is 320 g/mol. The van der Waals surface area contributed by atoms with Gasteiger partial charge < -0.3 is 19.6 Å². The molecule has 1 N–H and O–H groups in total. The fourth-order valence-corrected chi connectivity index (χ4v) is 2.04. The summed E-state index contributed by atoms with van der Waals surface area (Å²) in [5.41, 5.74) is 1.49. The van der Waals surface area contributed by atoms with Crippen LogP contribution in [0, 0.1) is 0 Å². The van der Waals surface area contributed by atoms with E-state index in [1.54, 1.807) is 38.3 Å². The van der Waals surface area contributed by atoms with Gasteiger partial charge in [0.05, 0.1) is 19.9 Å². The minimum atomic E-state index is -0.721. The lowest BCUT2D eigenvalue weighted by Gasteiger charge is -2.11. The van der Waals surface area contributed by atoms with E-state index in [1.807, 2.05) is 31.2 Å². The predicted octanol–water partition coefficient (Wildman–Crippen LogP) is 3.47. The van der Waals surface area contributed by atoms with Crippen molar-refractivity contribution in [2.24, 2.45) is 5.16 Å². The number of methoxy groups -OCH3 is 1. The average molecular weight is 342 g/mol. The Hall–Kier alpha value is -3.02. The molecule has 0 aliphatic carbocycles. The van der Waals surface area contributed by atoms with Crippen molar-refractivity contribution >= 4 is 17.8 Å². The van der Waals surface area contributed by atoms with E-state index in [2.05, 4.69) is 10.5 Å². The molecule has 6 nitrogen and oxygen atoms in total. The van der Waals surface area contributed by atoms with Gasteiger partial charge in [0, 0.05) is 11.3 Å². The molecule has 25 heavy (non-hydrogen) atoms. The second kappa shape index (κ2) is 9.32. The molecule has 1 atom stereocenters. The van der Waals surface area contributed by atoms with Crippen LogP contribution in [0.1, 0.15) is 19.4 Å². The molecule has 0 aliphatic rings. The fourth-order valence-electron chi connectivity index (χ4n) is 2.04. The molecule has 0 aromatic heterocycles. The molecule has 0 saturated heterocycles. The summed E-state index contributed by atoms with van der Waals surface area (Å²) in [6.45, 7) is 4.10. The number of nitrogens with one attached hydrogen (secondary N) is 1. The van der Waals surface area contributed by atoms with Crippen molar-refractivity contribution in [3.63, 3.8) is 0 Å². The Labute approximate surface area is 147 Å². The Balaban J connectivity index is 1.92. The molecule has 1 amide bonds. The normalized spacial score (nSPS) is 11.8. The summed E-state index contributed by atoms with van der Waals surface area (Å²) in [5.74, 6) is 1.01. The molecule has 0 spiro atoms. The number of amides is 1. The van der Waals surface area contributed by atoms with Crippen LogP contribution in [0.25, 0.3) is 0 Å². The monoisotopic (exact) mass is 342 g/mol. The number of carbonyl (C=O) groups is 1. The number of para-hydroxylation sites is 1. The molecule has 0 radical (unpaired) electrons. The highest BCUT2D eigenvalue weighted by Gasteiger charge is 2.14. The van der Waals surface area contributed by atoms with Crippen molar-refractivity contribution in [1.82, 2.24) is 0 Å². The maximum absolute atomic E-state index is 12.0. The maximum atomic E-state index is 12.0. The van der Waals surface area contributed by atoms with Crippen molar-refractivity contribution in [3.8, 4) is 11.5 Å². The smallest absolute Gasteiger partial charge is 0.267 e. The van der Waals surface area contributed by atoms with Gasteiger partial charge in [-0.1, -0.05) is 23.4 Å². The lowest BCUT2D eigenvalue weighted by Crippen LogP contribution is -2.26. The van der Waals surface area contributed by atoms with Crippen LogP contribution in [0.4, 0.5) is 5.69 Å². The Morgan fingerprint density at radius 2 is 1.96 bits per heavy atom. The third-order valence-corrected chi connectivity index (χ3v) is 3.32. The number of carbonyl (C=O) groups excluding carboxylic acids is 1. The van der Waals surface area contributed by atoms with E-state index in [9.17, 15) is 4.79 Å². The van der Waals surface area contributed by atoms with Crippen LogP contribution in [-0.2, 0) is 9.63 Å². The van der Waals surface area contributed by atoms with Crippen LogP contribution in [0.15, 0.2) is 53.7 Å². The number of nitrogens with zero attached hydrogens (tertiary/aromatic N) is 1. The maximum Gasteiger partial charge on any atom is 0.267 e. The lowest BCUT2D eigenvalue weighted by molar-refractivity contribution is -0.126. The third-order valence-electron chi connectivity index (χ3n) is 3.32. The molecule has 2 rings (SSSR count). The number of ether oxygens (including phenoxy) is 2. The largest absolute Gasteiger partial charge is 0.493 e. The highest BCUT2D eigenvalue weighted by molar-refractivity contribution is 5.93. The number of hydrogen-bond acceptors (Lipinski definition) is 5. The van der Waals surface area contributed by atoms with Crippen molar-refractivity contribution in [2.75, 3.05) is 19.0 Å². The lowest BCUT2D eigenvalue weighted by atomic mass is 10.2. The van der Waals surface area contributed by atoms with E-state index in [4.69, 9.17) is 14.3 Å². The SMILES string of the molecule is CCOc1ccc(/C=N\O[C@H](C)C(=O)Nc2ccccc2)cc1OC. The summed E-state index contributed by atoms with van der Waals surface area (Å²) >= 11 is 0. The van der Waals surface area contributed by atoms with E-state index < -0.39 is 6.10 Å². The number of benzene rings is 2. The Kier molecular flexibility index (Phi) is 6.83. The molecule has 0 bridgehead atoms. The van der Waals surface area contributed by atoms with Gasteiger partial charge in [0.15, 0.2) is 11.5 Å². The van der Waals surface area contributed by atoms with Crippen LogP contribution in [0.2, 0.25) is 0 Å². The molecule has 6 heteroatoms. The standard InChI is InChI=1S/C19H22N2O4/c1-4-24-17-11-10-15(12-18(17)23-3)13-20-25-14(2)19(22)21-16-8-6-5-7-9-16/h5-14H,4H2,1-3H3,(H,21,22)/b20-13-/t14-/m1/s1. The number of hydrogen-bond donors (Lipinski definition) is 1. The molecule has 132 valence electrons. The quantitative estimate of drug-likeness (QED) is 0.589. The van der Waals surface area contributed by atoms with Crippen LogP contribution in [0.3, 0.4) is 0 Å². The Morgan fingerprint density at radius 3 is 2.64 bits per heavy atom. The van der Waals surface area contributed by atoms with Crippen LogP contribution in [-0.4, -0.2) is 31.9 Å². The van der Waals surface area contributed by atoms with E-state index in [1.165, 1.54) is 6.21 Å². The highest BCUT2D eigenvalue weighted by atomic mass is 16.6. The zero-order chi connectivity index (χ0) is 18.1. The first kappa shape index (κ1) is 18.3. The second-order valence-electron chi connectivity index (χ2n) is 5.18. The van der Waals surface area contributed by atoms with Crippen LogP contribution < -0.4 is 14.8 Å². The van der Waals surface area contributed by atoms with Gasteiger partial charge >= 0.3 is 0 Å². The average Bonchev–Trinajstić information content (AvgIpc) is 2.63. The van der Waals surface area contributed by atoms with Crippen LogP contribution in [0.5, 0.6) is 11.5 Å². The van der Waals surface area contributed by atoms with Crippen molar-refractivity contribution in [3.05, 3.63) is 54.1 Å². The van der Waals surface area contributed by atoms with Crippen LogP contribution >= 0.6 is 0 Å². The summed E-state index contributed by atoms with van der Waals surface area (Å²) in [7, 11) is 1.57. The first-order valence-electron chi connectivity index (χ1n) is 8.00. The molecule has 0 saturated carbocycles. The topological polar surface area (TPSA) is 69.2 Å². The first-order valence-corrected chi connectivity index (χ1v) is 8.00. The molecule has 0 heterocycles. The van der Waals surface area contributed by atoms with E-state index in [0.29, 0.717) is 23.8 Å². The summed E-state index contributed by atoms with van der Waals surface area (Å²) in [6, 6.07) is 14.6. The Bertz CT molecular complexity index is 717. The number of anilines is 1. The van der Waals surface area contributed by atoms with Crippen molar-refractivity contribution in [1.29, 1.82) is 0 Å². The van der Waals surface area contributed by atoms with Gasteiger partial charge in [-0.15, -0.1) is 0 Å². The summed E-state index contributed by atoms with van der Waals surface area (Å²) in [5, 5.41) is 6.63. The zero-order valence-corrected chi connectivity index (χ0v) is 14.6. The predicted molar refractivity (Wildman–Crippen MR) is 97.4 cm³/mol. The van der Waals surface area contributed by atoms with Gasteiger partial charge in [-0.25, -0.2) is 0 Å². The minimum Gasteiger partial charge on any atom is -0.493 e. The minimum absolute atomic E-state index is 0.271. The zero-order valence-electron chi connectivity index (χ0n) is 14.6. The van der Waals surface area contributed by atoms with Gasteiger partial charge in [0.2, 0.25) is 6.10 Å². The van der Waals surface area contributed by atoms with Crippen molar-refractivity contribution < 1.29 is 19.1 Å². The van der Waals surface area contributed by atoms with Gasteiger partial charge in [0.1, 0.15) is 0 Å². The third kappa shape index (κ3) is 5.53. The van der Waals surface area contributed by atoms with E-state index >= 15 is 0 Å². The molecule has 0 fully saturated rings. The second-order valence-corrected chi connectivity index (χ2v) is 5.18. The summed E-state index contributed by atoms with van der Waals surface area (Å²) in [4.78, 5) is 17.2. The first-order chi connectivity index (χ1) is 12.1. The number of oxime groups is 1. The summed E-state index contributed by atoms with van der Waals surface area (Å²) in [6.07, 6.45) is 0.797. The van der Waals surface area contributed by atoms with Gasteiger partial charge in [0.25, 0.3) is 5.91 Å². The van der Waals surface area contributed by atoms with Gasteiger partial charge in [-0.2, -0.15) is 0 Å². The van der Waals surface area contributed by atoms with E-state index in [0.717, 1.165) is 5.56 Å². The molecule has 0 unspecified atom stereocenters. The van der Waals surface area contributed by atoms with Gasteiger partial charge in [-0.05, 0) is 44.2 Å². The molecule has 2 aromatic rings. The van der Waals surface area contributed by atoms with E-state index in [-0.39, 0.29) is 5.91 Å². The number of rotatable bonds is 8.